The second-order valence-electron chi connectivity index (χ2n) is 7.18. The number of aliphatic carboxylic acids is 1. The zero-order valence-electron chi connectivity index (χ0n) is 16.6. The summed E-state index contributed by atoms with van der Waals surface area (Å²) in [7, 11) is 0. The largest absolute Gasteiger partial charge is 0.480 e. The van der Waals surface area contributed by atoms with Crippen molar-refractivity contribution in [1.82, 2.24) is 5.32 Å². The summed E-state index contributed by atoms with van der Waals surface area (Å²) in [4.78, 5) is 46.3. The van der Waals surface area contributed by atoms with Crippen molar-refractivity contribution in [2.75, 3.05) is 5.32 Å². The average Bonchev–Trinajstić information content (AvgIpc) is 2.68. The van der Waals surface area contributed by atoms with Crippen molar-refractivity contribution in [3.63, 3.8) is 0 Å². The maximum absolute atomic E-state index is 12.5. The van der Waals surface area contributed by atoms with E-state index in [0.717, 1.165) is 0 Å². The molecule has 0 radical (unpaired) electrons. The van der Waals surface area contributed by atoms with Gasteiger partial charge in [0, 0.05) is 23.4 Å². The first kappa shape index (κ1) is 22.5. The molecular weight excluding hydrogens is 390 g/mol. The molecular formula is C21H23N3O6. The van der Waals surface area contributed by atoms with Crippen molar-refractivity contribution in [3.8, 4) is 0 Å². The Labute approximate surface area is 173 Å². The van der Waals surface area contributed by atoms with Gasteiger partial charge in [0.15, 0.2) is 0 Å². The average molecular weight is 413 g/mol. The number of amides is 2. The molecule has 158 valence electrons. The minimum Gasteiger partial charge on any atom is -0.480 e. The quantitative estimate of drug-likeness (QED) is 0.427. The number of carbonyl (C=O) groups is 3. The molecule has 0 heterocycles. The molecule has 0 aromatic heterocycles. The van der Waals surface area contributed by atoms with E-state index in [-0.39, 0.29) is 23.6 Å². The van der Waals surface area contributed by atoms with Crippen LogP contribution in [0.1, 0.15) is 36.2 Å². The molecule has 2 rings (SSSR count). The standard InChI is InChI=1S/C21H23N3O6/c1-13(2)11-18(21(27)28)22-19(25)12-15-5-3-4-6-17(15)23-20(26)14-7-9-16(10-8-14)24(29)30/h3-10,13,18H,11-12H2,1-2H3,(H,22,25)(H,23,26)(H,27,28). The Bertz CT molecular complexity index is 940. The molecule has 9 heteroatoms. The maximum Gasteiger partial charge on any atom is 0.326 e. The normalized spacial score (nSPS) is 11.6. The van der Waals surface area contributed by atoms with Crippen molar-refractivity contribution < 1.29 is 24.4 Å². The van der Waals surface area contributed by atoms with Gasteiger partial charge < -0.3 is 15.7 Å². The highest BCUT2D eigenvalue weighted by molar-refractivity contribution is 6.05. The second kappa shape index (κ2) is 10.1. The molecule has 2 aromatic rings. The molecule has 0 saturated heterocycles. The number of carbonyl (C=O) groups excluding carboxylic acids is 2. The van der Waals surface area contributed by atoms with Gasteiger partial charge in [0.1, 0.15) is 6.04 Å². The molecule has 1 atom stereocenters. The van der Waals surface area contributed by atoms with E-state index in [4.69, 9.17) is 0 Å². The van der Waals surface area contributed by atoms with E-state index in [1.807, 2.05) is 13.8 Å². The van der Waals surface area contributed by atoms with Crippen molar-refractivity contribution in [2.45, 2.75) is 32.7 Å². The van der Waals surface area contributed by atoms with Crippen LogP contribution in [-0.4, -0.2) is 33.9 Å². The Hall–Kier alpha value is -3.75. The van der Waals surface area contributed by atoms with Gasteiger partial charge >= 0.3 is 5.97 Å². The summed E-state index contributed by atoms with van der Waals surface area (Å²) in [6, 6.07) is 10.8. The summed E-state index contributed by atoms with van der Waals surface area (Å²) in [5.74, 6) is -1.96. The van der Waals surface area contributed by atoms with Crippen LogP contribution in [0.2, 0.25) is 0 Å². The Balaban J connectivity index is 2.09. The predicted octanol–water partition coefficient (Wildman–Crippen LogP) is 3.01. The minimum absolute atomic E-state index is 0.0969. The fourth-order valence-electron chi connectivity index (χ4n) is 2.84. The zero-order chi connectivity index (χ0) is 22.3. The van der Waals surface area contributed by atoms with Crippen LogP contribution in [0.4, 0.5) is 11.4 Å². The first-order valence-electron chi connectivity index (χ1n) is 9.33. The summed E-state index contributed by atoms with van der Waals surface area (Å²) in [6.45, 7) is 3.73. The van der Waals surface area contributed by atoms with Gasteiger partial charge in [-0.15, -0.1) is 0 Å². The summed E-state index contributed by atoms with van der Waals surface area (Å²) in [5, 5.41) is 25.2. The first-order valence-corrected chi connectivity index (χ1v) is 9.33. The number of rotatable bonds is 9. The first-order chi connectivity index (χ1) is 14.2. The monoisotopic (exact) mass is 413 g/mol. The number of carboxylic acids is 1. The van der Waals surface area contributed by atoms with E-state index in [1.165, 1.54) is 24.3 Å². The van der Waals surface area contributed by atoms with Crippen molar-refractivity contribution in [2.24, 2.45) is 5.92 Å². The fraction of sp³-hybridized carbons (Fsp3) is 0.286. The molecule has 2 amide bonds. The van der Waals surface area contributed by atoms with Gasteiger partial charge in [-0.25, -0.2) is 4.79 Å². The van der Waals surface area contributed by atoms with E-state index in [0.29, 0.717) is 17.7 Å². The highest BCUT2D eigenvalue weighted by atomic mass is 16.6. The van der Waals surface area contributed by atoms with Gasteiger partial charge in [0.25, 0.3) is 11.6 Å². The second-order valence-corrected chi connectivity index (χ2v) is 7.18. The van der Waals surface area contributed by atoms with Crippen LogP contribution in [-0.2, 0) is 16.0 Å². The molecule has 3 N–H and O–H groups in total. The highest BCUT2D eigenvalue weighted by Crippen LogP contribution is 2.18. The van der Waals surface area contributed by atoms with Gasteiger partial charge in [-0.2, -0.15) is 0 Å². The lowest BCUT2D eigenvalue weighted by atomic mass is 10.0. The number of hydrogen-bond acceptors (Lipinski definition) is 5. The lowest BCUT2D eigenvalue weighted by Gasteiger charge is -2.17. The third-order valence-corrected chi connectivity index (χ3v) is 4.30. The number of para-hydroxylation sites is 1. The molecule has 0 fully saturated rings. The lowest BCUT2D eigenvalue weighted by molar-refractivity contribution is -0.384. The highest BCUT2D eigenvalue weighted by Gasteiger charge is 2.21. The van der Waals surface area contributed by atoms with Gasteiger partial charge in [-0.05, 0) is 36.1 Å². The predicted molar refractivity (Wildman–Crippen MR) is 110 cm³/mol. The number of benzene rings is 2. The number of hydrogen-bond donors (Lipinski definition) is 3. The molecule has 30 heavy (non-hydrogen) atoms. The summed E-state index contributed by atoms with van der Waals surface area (Å²) < 4.78 is 0. The van der Waals surface area contributed by atoms with Crippen LogP contribution < -0.4 is 10.6 Å². The van der Waals surface area contributed by atoms with Crippen molar-refractivity contribution in [1.29, 1.82) is 0 Å². The molecule has 0 aliphatic rings. The Kier molecular flexibility index (Phi) is 7.62. The van der Waals surface area contributed by atoms with Crippen molar-refractivity contribution >= 4 is 29.2 Å². The van der Waals surface area contributed by atoms with Crippen LogP contribution in [0.15, 0.2) is 48.5 Å². The molecule has 1 unspecified atom stereocenters. The summed E-state index contributed by atoms with van der Waals surface area (Å²) in [5.41, 5.74) is 1.01. The van der Waals surface area contributed by atoms with Gasteiger partial charge in [-0.1, -0.05) is 32.0 Å². The molecule has 0 aliphatic carbocycles. The summed E-state index contributed by atoms with van der Waals surface area (Å²) in [6.07, 6.45) is 0.193. The van der Waals surface area contributed by atoms with E-state index < -0.39 is 28.7 Å². The SMILES string of the molecule is CC(C)CC(NC(=O)Cc1ccccc1NC(=O)c1ccc([N+](=O)[O-])cc1)C(=O)O. The molecule has 9 nitrogen and oxygen atoms in total. The minimum atomic E-state index is -1.10. The number of anilines is 1. The topological polar surface area (TPSA) is 139 Å². The number of nitro groups is 1. The van der Waals surface area contributed by atoms with Crippen LogP contribution in [0.25, 0.3) is 0 Å². The van der Waals surface area contributed by atoms with Crippen molar-refractivity contribution in [3.05, 3.63) is 69.8 Å². The van der Waals surface area contributed by atoms with Crippen LogP contribution >= 0.6 is 0 Å². The van der Waals surface area contributed by atoms with Gasteiger partial charge in [0.2, 0.25) is 5.91 Å². The third-order valence-electron chi connectivity index (χ3n) is 4.30. The molecule has 0 spiro atoms. The molecule has 0 saturated carbocycles. The van der Waals surface area contributed by atoms with Gasteiger partial charge in [-0.3, -0.25) is 19.7 Å². The summed E-state index contributed by atoms with van der Waals surface area (Å²) >= 11 is 0. The Morgan fingerprint density at radius 1 is 1.07 bits per heavy atom. The Morgan fingerprint density at radius 2 is 1.70 bits per heavy atom. The molecule has 2 aromatic carbocycles. The van der Waals surface area contributed by atoms with Crippen LogP contribution in [0.5, 0.6) is 0 Å². The van der Waals surface area contributed by atoms with E-state index >= 15 is 0 Å². The van der Waals surface area contributed by atoms with Crippen LogP contribution in [0.3, 0.4) is 0 Å². The maximum atomic E-state index is 12.5. The lowest BCUT2D eigenvalue weighted by Crippen LogP contribution is -2.42. The number of carboxylic acid groups (broad SMARTS) is 1. The molecule has 0 bridgehead atoms. The van der Waals surface area contributed by atoms with E-state index in [1.54, 1.807) is 24.3 Å². The molecule has 0 aliphatic heterocycles. The van der Waals surface area contributed by atoms with Gasteiger partial charge in [0.05, 0.1) is 11.3 Å². The number of nitro benzene ring substituents is 1. The number of nitrogens with zero attached hydrogens (tertiary/aromatic N) is 1. The Morgan fingerprint density at radius 3 is 2.27 bits per heavy atom. The zero-order valence-corrected chi connectivity index (χ0v) is 16.6. The third kappa shape index (κ3) is 6.40. The number of non-ortho nitro benzene ring substituents is 1. The van der Waals surface area contributed by atoms with Crippen LogP contribution in [0, 0.1) is 16.0 Å². The van der Waals surface area contributed by atoms with E-state index in [9.17, 15) is 29.6 Å². The van der Waals surface area contributed by atoms with E-state index in [2.05, 4.69) is 10.6 Å². The number of nitrogens with one attached hydrogen (secondary N) is 2. The smallest absolute Gasteiger partial charge is 0.326 e. The fourth-order valence-corrected chi connectivity index (χ4v) is 2.84.